The second kappa shape index (κ2) is 6.09. The lowest BCUT2D eigenvalue weighted by Gasteiger charge is -2.13. The fraction of sp³-hybridized carbons (Fsp3) is 0.562. The number of fused-ring (bicyclic) bond motifs is 1. The van der Waals surface area contributed by atoms with Crippen LogP contribution in [0.5, 0.6) is 5.75 Å². The Morgan fingerprint density at radius 2 is 2.05 bits per heavy atom. The number of benzene rings is 1. The normalized spacial score (nSPS) is 13.1. The van der Waals surface area contributed by atoms with Gasteiger partial charge >= 0.3 is 0 Å². The molecule has 0 radical (unpaired) electrons. The van der Waals surface area contributed by atoms with Gasteiger partial charge < -0.3 is 4.74 Å². The molecule has 2 rings (SSSR count). The van der Waals surface area contributed by atoms with E-state index in [2.05, 4.69) is 30.8 Å². The van der Waals surface area contributed by atoms with Gasteiger partial charge in [-0.2, -0.15) is 5.10 Å². The fourth-order valence-corrected chi connectivity index (χ4v) is 2.40. The quantitative estimate of drug-likeness (QED) is 0.760. The summed E-state index contributed by atoms with van der Waals surface area (Å²) >= 11 is 0. The van der Waals surface area contributed by atoms with Crippen molar-refractivity contribution in [2.24, 2.45) is 0 Å². The first-order valence-corrected chi connectivity index (χ1v) is 7.29. The molecule has 3 nitrogen and oxygen atoms in total. The number of hydrogen-bond acceptors (Lipinski definition) is 2. The van der Waals surface area contributed by atoms with E-state index in [1.807, 2.05) is 26.0 Å². The topological polar surface area (TPSA) is 27.1 Å². The van der Waals surface area contributed by atoms with Crippen molar-refractivity contribution < 1.29 is 4.74 Å². The van der Waals surface area contributed by atoms with Gasteiger partial charge in [-0.25, -0.2) is 0 Å². The molecule has 2 aromatic rings. The molecule has 1 heterocycles. The number of hydrogen-bond donors (Lipinski definition) is 0. The number of rotatable bonds is 6. The van der Waals surface area contributed by atoms with Crippen LogP contribution < -0.4 is 4.74 Å². The Labute approximate surface area is 115 Å². The van der Waals surface area contributed by atoms with Gasteiger partial charge in [0.2, 0.25) is 0 Å². The largest absolute Gasteiger partial charge is 0.491 e. The number of ether oxygens (including phenoxy) is 1. The van der Waals surface area contributed by atoms with Crippen LogP contribution in [0, 0.1) is 0 Å². The molecule has 0 fully saturated rings. The third-order valence-electron chi connectivity index (χ3n) is 3.34. The average Bonchev–Trinajstić information content (AvgIpc) is 2.77. The lowest BCUT2D eigenvalue weighted by Crippen LogP contribution is -2.08. The lowest BCUT2D eigenvalue weighted by molar-refractivity contribution is 0.242. The van der Waals surface area contributed by atoms with Crippen LogP contribution in [0.2, 0.25) is 0 Å². The molecule has 0 saturated heterocycles. The van der Waals surface area contributed by atoms with E-state index >= 15 is 0 Å². The van der Waals surface area contributed by atoms with E-state index in [1.54, 1.807) is 0 Å². The highest BCUT2D eigenvalue weighted by atomic mass is 16.5. The summed E-state index contributed by atoms with van der Waals surface area (Å²) < 4.78 is 7.83. The van der Waals surface area contributed by atoms with Crippen molar-refractivity contribution in [1.82, 2.24) is 9.78 Å². The van der Waals surface area contributed by atoms with E-state index in [-0.39, 0.29) is 6.10 Å². The predicted octanol–water partition coefficient (Wildman–Crippen LogP) is 4.57. The van der Waals surface area contributed by atoms with Gasteiger partial charge in [0.1, 0.15) is 5.75 Å². The summed E-state index contributed by atoms with van der Waals surface area (Å²) in [5.74, 6) is 0.899. The molecule has 0 N–H and O–H groups in total. The molecule has 0 aliphatic rings. The lowest BCUT2D eigenvalue weighted by atomic mass is 10.1. The molecule has 1 unspecified atom stereocenters. The van der Waals surface area contributed by atoms with E-state index in [9.17, 15) is 0 Å². The van der Waals surface area contributed by atoms with Crippen LogP contribution >= 0.6 is 0 Å². The molecule has 104 valence electrons. The van der Waals surface area contributed by atoms with Gasteiger partial charge in [-0.05, 0) is 38.8 Å². The molecule has 1 atom stereocenters. The molecule has 19 heavy (non-hydrogen) atoms. The average molecular weight is 260 g/mol. The van der Waals surface area contributed by atoms with Gasteiger partial charge in [0.05, 0.1) is 17.7 Å². The Morgan fingerprint density at radius 3 is 2.68 bits per heavy atom. The monoisotopic (exact) mass is 260 g/mol. The third-order valence-corrected chi connectivity index (χ3v) is 3.34. The maximum atomic E-state index is 5.72. The van der Waals surface area contributed by atoms with Crippen molar-refractivity contribution in [2.75, 3.05) is 0 Å². The molecular formula is C16H24N2O. The summed E-state index contributed by atoms with van der Waals surface area (Å²) in [6.45, 7) is 8.52. The molecule has 0 aliphatic heterocycles. The Hall–Kier alpha value is -1.51. The van der Waals surface area contributed by atoms with Crippen LogP contribution in [0.4, 0.5) is 0 Å². The first-order chi connectivity index (χ1) is 9.13. The maximum absolute atomic E-state index is 5.72. The minimum Gasteiger partial charge on any atom is -0.491 e. The third kappa shape index (κ3) is 3.28. The molecule has 3 heteroatoms. The van der Waals surface area contributed by atoms with Crippen LogP contribution in [0.3, 0.4) is 0 Å². The second-order valence-electron chi connectivity index (χ2n) is 5.35. The van der Waals surface area contributed by atoms with Crippen molar-refractivity contribution in [3.8, 4) is 5.75 Å². The first-order valence-electron chi connectivity index (χ1n) is 7.29. The molecule has 0 saturated carbocycles. The highest BCUT2D eigenvalue weighted by Gasteiger charge is 2.10. The highest BCUT2D eigenvalue weighted by molar-refractivity contribution is 5.79. The van der Waals surface area contributed by atoms with E-state index in [0.717, 1.165) is 17.7 Å². The fourth-order valence-electron chi connectivity index (χ4n) is 2.40. The molecule has 1 aromatic carbocycles. The highest BCUT2D eigenvalue weighted by Crippen LogP contribution is 2.24. The van der Waals surface area contributed by atoms with E-state index in [0.29, 0.717) is 6.04 Å². The zero-order valence-electron chi connectivity index (χ0n) is 12.4. The van der Waals surface area contributed by atoms with Gasteiger partial charge in [-0.1, -0.05) is 20.3 Å². The summed E-state index contributed by atoms with van der Waals surface area (Å²) in [5.41, 5.74) is 1.02. The Morgan fingerprint density at radius 1 is 1.26 bits per heavy atom. The van der Waals surface area contributed by atoms with Gasteiger partial charge in [0.25, 0.3) is 0 Å². The van der Waals surface area contributed by atoms with Gasteiger partial charge in [-0.15, -0.1) is 0 Å². The second-order valence-corrected chi connectivity index (χ2v) is 5.35. The van der Waals surface area contributed by atoms with E-state index in [4.69, 9.17) is 9.84 Å². The predicted molar refractivity (Wildman–Crippen MR) is 79.7 cm³/mol. The van der Waals surface area contributed by atoms with Crippen molar-refractivity contribution >= 4 is 10.9 Å². The van der Waals surface area contributed by atoms with Crippen molar-refractivity contribution in [3.05, 3.63) is 24.4 Å². The number of nitrogens with zero attached hydrogens (tertiary/aromatic N) is 2. The summed E-state index contributed by atoms with van der Waals surface area (Å²) in [4.78, 5) is 0. The summed E-state index contributed by atoms with van der Waals surface area (Å²) in [6, 6.07) is 6.65. The summed E-state index contributed by atoms with van der Waals surface area (Å²) in [5, 5.41) is 5.89. The van der Waals surface area contributed by atoms with Crippen LogP contribution in [-0.2, 0) is 0 Å². The molecule has 0 amide bonds. The molecular weight excluding hydrogens is 236 g/mol. The minimum absolute atomic E-state index is 0.197. The van der Waals surface area contributed by atoms with E-state index < -0.39 is 0 Å². The standard InChI is InChI=1S/C16H24N2O/c1-5-7-14(6-2)18-11-13-8-9-15(19-12(3)4)10-16(13)17-18/h8-12,14H,5-7H2,1-4H3. The summed E-state index contributed by atoms with van der Waals surface area (Å²) in [6.07, 6.45) is 5.84. The van der Waals surface area contributed by atoms with Crippen LogP contribution in [0.15, 0.2) is 24.4 Å². The maximum Gasteiger partial charge on any atom is 0.121 e. The van der Waals surface area contributed by atoms with Crippen LogP contribution in [0.1, 0.15) is 53.0 Å². The van der Waals surface area contributed by atoms with Crippen molar-refractivity contribution in [3.63, 3.8) is 0 Å². The zero-order chi connectivity index (χ0) is 13.8. The smallest absolute Gasteiger partial charge is 0.121 e. The SMILES string of the molecule is CCCC(CC)n1cc2ccc(OC(C)C)cc2n1. The van der Waals surface area contributed by atoms with E-state index in [1.165, 1.54) is 18.2 Å². The van der Waals surface area contributed by atoms with Crippen LogP contribution in [-0.4, -0.2) is 15.9 Å². The van der Waals surface area contributed by atoms with Gasteiger partial charge in [0, 0.05) is 17.6 Å². The Kier molecular flexibility index (Phi) is 4.46. The van der Waals surface area contributed by atoms with Crippen LogP contribution in [0.25, 0.3) is 10.9 Å². The number of aromatic nitrogens is 2. The molecule has 0 bridgehead atoms. The van der Waals surface area contributed by atoms with Crippen molar-refractivity contribution in [1.29, 1.82) is 0 Å². The molecule has 1 aromatic heterocycles. The zero-order valence-corrected chi connectivity index (χ0v) is 12.4. The Balaban J connectivity index is 2.29. The first kappa shape index (κ1) is 13.9. The molecule has 0 spiro atoms. The summed E-state index contributed by atoms with van der Waals surface area (Å²) in [7, 11) is 0. The Bertz CT molecular complexity index is 531. The molecule has 0 aliphatic carbocycles. The van der Waals surface area contributed by atoms with Crippen molar-refractivity contribution in [2.45, 2.75) is 59.1 Å². The minimum atomic E-state index is 0.197. The van der Waals surface area contributed by atoms with Gasteiger partial charge in [-0.3, -0.25) is 4.68 Å². The van der Waals surface area contributed by atoms with Gasteiger partial charge in [0.15, 0.2) is 0 Å².